The molecule has 2 nitrogen and oxygen atoms in total. The standard InChI is InChI=1S/C14H20O2/c15-14-8-4-7-13(9-14)11-16-10-12-5-2-1-3-6-12/h1-3,5-6,13-15H,4,7-11H2/t13-,14+/m1/s1. The zero-order chi connectivity index (χ0) is 11.2. The molecule has 0 amide bonds. The molecule has 1 saturated carbocycles. The van der Waals surface area contributed by atoms with Gasteiger partial charge in [-0.3, -0.25) is 0 Å². The molecule has 2 rings (SSSR count). The van der Waals surface area contributed by atoms with Crippen LogP contribution in [0.1, 0.15) is 31.2 Å². The first kappa shape index (κ1) is 11.6. The molecule has 1 aliphatic rings. The van der Waals surface area contributed by atoms with E-state index in [1.165, 1.54) is 12.0 Å². The van der Waals surface area contributed by atoms with Gasteiger partial charge in [0, 0.05) is 6.61 Å². The molecule has 16 heavy (non-hydrogen) atoms. The summed E-state index contributed by atoms with van der Waals surface area (Å²) in [6, 6.07) is 10.2. The van der Waals surface area contributed by atoms with Crippen molar-refractivity contribution in [1.82, 2.24) is 0 Å². The van der Waals surface area contributed by atoms with Crippen LogP contribution >= 0.6 is 0 Å². The minimum Gasteiger partial charge on any atom is -0.393 e. The maximum Gasteiger partial charge on any atom is 0.0717 e. The number of ether oxygens (including phenoxy) is 1. The zero-order valence-corrected chi connectivity index (χ0v) is 9.64. The Labute approximate surface area is 97.3 Å². The molecule has 0 spiro atoms. The first-order chi connectivity index (χ1) is 7.84. The van der Waals surface area contributed by atoms with Crippen LogP contribution in [0.2, 0.25) is 0 Å². The Morgan fingerprint density at radius 2 is 2.00 bits per heavy atom. The van der Waals surface area contributed by atoms with Gasteiger partial charge in [-0.15, -0.1) is 0 Å². The minimum atomic E-state index is -0.0981. The highest BCUT2D eigenvalue weighted by Gasteiger charge is 2.19. The van der Waals surface area contributed by atoms with Crippen molar-refractivity contribution in [3.05, 3.63) is 35.9 Å². The third-order valence-electron chi connectivity index (χ3n) is 3.22. The minimum absolute atomic E-state index is 0.0981. The van der Waals surface area contributed by atoms with E-state index in [0.717, 1.165) is 25.9 Å². The maximum absolute atomic E-state index is 9.54. The molecule has 1 fully saturated rings. The van der Waals surface area contributed by atoms with Gasteiger partial charge in [0.05, 0.1) is 12.7 Å². The van der Waals surface area contributed by atoms with Crippen LogP contribution in [0.5, 0.6) is 0 Å². The first-order valence-electron chi connectivity index (χ1n) is 6.14. The van der Waals surface area contributed by atoms with Crippen molar-refractivity contribution in [1.29, 1.82) is 0 Å². The summed E-state index contributed by atoms with van der Waals surface area (Å²) in [5, 5.41) is 9.54. The molecule has 0 aromatic heterocycles. The fraction of sp³-hybridized carbons (Fsp3) is 0.571. The second-order valence-corrected chi connectivity index (χ2v) is 4.69. The average molecular weight is 220 g/mol. The van der Waals surface area contributed by atoms with Crippen molar-refractivity contribution in [2.75, 3.05) is 6.61 Å². The van der Waals surface area contributed by atoms with E-state index in [0.29, 0.717) is 12.5 Å². The lowest BCUT2D eigenvalue weighted by molar-refractivity contribution is 0.0349. The van der Waals surface area contributed by atoms with Crippen LogP contribution in [0.3, 0.4) is 0 Å². The smallest absolute Gasteiger partial charge is 0.0717 e. The van der Waals surface area contributed by atoms with Gasteiger partial charge in [-0.1, -0.05) is 36.8 Å². The number of aliphatic hydroxyl groups is 1. The van der Waals surface area contributed by atoms with Crippen molar-refractivity contribution in [2.45, 2.75) is 38.4 Å². The maximum atomic E-state index is 9.54. The molecular formula is C14H20O2. The molecule has 1 aromatic rings. The molecule has 0 radical (unpaired) electrons. The van der Waals surface area contributed by atoms with Gasteiger partial charge in [-0.2, -0.15) is 0 Å². The lowest BCUT2D eigenvalue weighted by atomic mass is 9.88. The van der Waals surface area contributed by atoms with Gasteiger partial charge in [0.15, 0.2) is 0 Å². The highest BCUT2D eigenvalue weighted by atomic mass is 16.5. The molecule has 1 aliphatic carbocycles. The Kier molecular flexibility index (Phi) is 4.37. The van der Waals surface area contributed by atoms with Crippen molar-refractivity contribution in [2.24, 2.45) is 5.92 Å². The number of hydrogen-bond acceptors (Lipinski definition) is 2. The fourth-order valence-corrected chi connectivity index (χ4v) is 2.33. The van der Waals surface area contributed by atoms with Crippen molar-refractivity contribution in [3.63, 3.8) is 0 Å². The Balaban J connectivity index is 1.68. The quantitative estimate of drug-likeness (QED) is 0.845. The van der Waals surface area contributed by atoms with Crippen LogP contribution in [0.15, 0.2) is 30.3 Å². The largest absolute Gasteiger partial charge is 0.393 e. The molecular weight excluding hydrogens is 200 g/mol. The summed E-state index contributed by atoms with van der Waals surface area (Å²) in [4.78, 5) is 0. The molecule has 2 heteroatoms. The molecule has 0 saturated heterocycles. The Morgan fingerprint density at radius 1 is 1.19 bits per heavy atom. The topological polar surface area (TPSA) is 29.5 Å². The third-order valence-corrected chi connectivity index (χ3v) is 3.22. The second-order valence-electron chi connectivity index (χ2n) is 4.69. The molecule has 0 heterocycles. The lowest BCUT2D eigenvalue weighted by Gasteiger charge is -2.25. The van der Waals surface area contributed by atoms with Gasteiger partial charge in [-0.25, -0.2) is 0 Å². The third kappa shape index (κ3) is 3.62. The summed E-state index contributed by atoms with van der Waals surface area (Å²) in [7, 11) is 0. The lowest BCUT2D eigenvalue weighted by Crippen LogP contribution is -2.22. The normalized spacial score (nSPS) is 25.6. The molecule has 1 aromatic carbocycles. The summed E-state index contributed by atoms with van der Waals surface area (Å²) in [6.07, 6.45) is 4.12. The monoisotopic (exact) mass is 220 g/mol. The summed E-state index contributed by atoms with van der Waals surface area (Å²) < 4.78 is 5.70. The molecule has 0 aliphatic heterocycles. The Morgan fingerprint density at radius 3 is 2.75 bits per heavy atom. The van der Waals surface area contributed by atoms with Gasteiger partial charge in [0.1, 0.15) is 0 Å². The summed E-state index contributed by atoms with van der Waals surface area (Å²) in [5.74, 6) is 0.549. The highest BCUT2D eigenvalue weighted by Crippen LogP contribution is 2.24. The van der Waals surface area contributed by atoms with Crippen LogP contribution in [0.25, 0.3) is 0 Å². The van der Waals surface area contributed by atoms with Gasteiger partial charge in [0.25, 0.3) is 0 Å². The van der Waals surface area contributed by atoms with Crippen molar-refractivity contribution < 1.29 is 9.84 Å². The number of benzene rings is 1. The van der Waals surface area contributed by atoms with E-state index in [9.17, 15) is 5.11 Å². The number of hydrogen-bond donors (Lipinski definition) is 1. The van der Waals surface area contributed by atoms with Crippen LogP contribution in [-0.2, 0) is 11.3 Å². The van der Waals surface area contributed by atoms with E-state index >= 15 is 0 Å². The Bertz CT molecular complexity index is 297. The van der Waals surface area contributed by atoms with Crippen LogP contribution in [-0.4, -0.2) is 17.8 Å². The van der Waals surface area contributed by atoms with E-state index in [4.69, 9.17) is 4.74 Å². The van der Waals surface area contributed by atoms with Crippen molar-refractivity contribution in [3.8, 4) is 0 Å². The van der Waals surface area contributed by atoms with Crippen LogP contribution < -0.4 is 0 Å². The molecule has 88 valence electrons. The van der Waals surface area contributed by atoms with E-state index in [1.807, 2.05) is 18.2 Å². The summed E-state index contributed by atoms with van der Waals surface area (Å²) in [6.45, 7) is 1.47. The summed E-state index contributed by atoms with van der Waals surface area (Å²) in [5.41, 5.74) is 1.22. The van der Waals surface area contributed by atoms with Gasteiger partial charge in [0.2, 0.25) is 0 Å². The van der Waals surface area contributed by atoms with Gasteiger partial charge < -0.3 is 9.84 Å². The zero-order valence-electron chi connectivity index (χ0n) is 9.64. The molecule has 0 bridgehead atoms. The molecule has 2 atom stereocenters. The number of aliphatic hydroxyl groups excluding tert-OH is 1. The Hall–Kier alpha value is -0.860. The average Bonchev–Trinajstić information content (AvgIpc) is 2.30. The number of rotatable bonds is 4. The van der Waals surface area contributed by atoms with E-state index < -0.39 is 0 Å². The second kappa shape index (κ2) is 6.02. The SMILES string of the molecule is O[C@H]1CCC[C@@H](COCc2ccccc2)C1. The molecule has 0 unspecified atom stereocenters. The van der Waals surface area contributed by atoms with Gasteiger partial charge in [-0.05, 0) is 30.7 Å². The fourth-order valence-electron chi connectivity index (χ4n) is 2.33. The van der Waals surface area contributed by atoms with Crippen molar-refractivity contribution >= 4 is 0 Å². The first-order valence-corrected chi connectivity index (χ1v) is 6.14. The predicted molar refractivity (Wildman–Crippen MR) is 64.1 cm³/mol. The van der Waals surface area contributed by atoms with E-state index in [-0.39, 0.29) is 6.10 Å². The highest BCUT2D eigenvalue weighted by molar-refractivity contribution is 5.13. The summed E-state index contributed by atoms with van der Waals surface area (Å²) >= 11 is 0. The molecule has 1 N–H and O–H groups in total. The van der Waals surface area contributed by atoms with E-state index in [2.05, 4.69) is 12.1 Å². The van der Waals surface area contributed by atoms with Crippen LogP contribution in [0.4, 0.5) is 0 Å². The van der Waals surface area contributed by atoms with E-state index in [1.54, 1.807) is 0 Å². The predicted octanol–water partition coefficient (Wildman–Crippen LogP) is 2.75. The van der Waals surface area contributed by atoms with Gasteiger partial charge >= 0.3 is 0 Å². The van der Waals surface area contributed by atoms with Crippen LogP contribution in [0, 0.1) is 5.92 Å².